The van der Waals surface area contributed by atoms with Gasteiger partial charge in [-0.15, -0.1) is 0 Å². The molecule has 0 fully saturated rings. The molecule has 0 aliphatic rings. The second-order valence-corrected chi connectivity index (χ2v) is 7.06. The predicted molar refractivity (Wildman–Crippen MR) is 84.0 cm³/mol. The quantitative estimate of drug-likeness (QED) is 0.916. The third-order valence-corrected chi connectivity index (χ3v) is 5.02. The van der Waals surface area contributed by atoms with Gasteiger partial charge in [0.1, 0.15) is 0 Å². The molecule has 2 nitrogen and oxygen atoms in total. The maximum Gasteiger partial charge on any atom is 0.0847 e. The topological polar surface area (TPSA) is 37.3 Å². The molecule has 1 unspecified atom stereocenters. The molecule has 20 heavy (non-hydrogen) atoms. The number of hydrogen-bond donors (Lipinski definition) is 1. The van der Waals surface area contributed by atoms with Crippen molar-refractivity contribution in [2.24, 2.45) is 0 Å². The molecule has 1 N–H and O–H groups in total. The van der Waals surface area contributed by atoms with Crippen molar-refractivity contribution in [3.8, 4) is 0 Å². The van der Waals surface area contributed by atoms with Crippen LogP contribution in [0.25, 0.3) is 0 Å². The van der Waals surface area contributed by atoms with Crippen molar-refractivity contribution in [3.05, 3.63) is 71.8 Å². The summed E-state index contributed by atoms with van der Waals surface area (Å²) in [5, 5.41) is 9.73. The van der Waals surface area contributed by atoms with Crippen LogP contribution in [0.1, 0.15) is 30.2 Å². The van der Waals surface area contributed by atoms with Crippen LogP contribution in [0.3, 0.4) is 0 Å². The third-order valence-electron chi connectivity index (χ3n) is 2.96. The molecule has 106 valence electrons. The minimum absolute atomic E-state index is 0.205. The van der Waals surface area contributed by atoms with Gasteiger partial charge >= 0.3 is 0 Å². The fourth-order valence-corrected chi connectivity index (χ4v) is 3.97. The van der Waals surface area contributed by atoms with E-state index in [4.69, 9.17) is 0 Å². The van der Waals surface area contributed by atoms with Crippen LogP contribution >= 0.6 is 0 Å². The monoisotopic (exact) mass is 288 g/mol. The van der Waals surface area contributed by atoms with Gasteiger partial charge in [-0.05, 0) is 25.0 Å². The summed E-state index contributed by atoms with van der Waals surface area (Å²) in [5.41, 5.74) is 1.09. The molecule has 0 aliphatic heterocycles. The second-order valence-electron chi connectivity index (χ2n) is 5.54. The lowest BCUT2D eigenvalue weighted by molar-refractivity contribution is 0.106. The Hall–Kier alpha value is -1.45. The maximum atomic E-state index is 12.7. The van der Waals surface area contributed by atoms with Gasteiger partial charge in [-0.2, -0.15) is 0 Å². The van der Waals surface area contributed by atoms with Gasteiger partial charge in [0.05, 0.1) is 16.6 Å². The van der Waals surface area contributed by atoms with Gasteiger partial charge in [-0.25, -0.2) is 0 Å². The largest absolute Gasteiger partial charge is 0.390 e. The van der Waals surface area contributed by atoms with Crippen LogP contribution in [-0.4, -0.2) is 20.7 Å². The van der Waals surface area contributed by atoms with Crippen molar-refractivity contribution in [2.45, 2.75) is 24.7 Å². The molecule has 0 spiro atoms. The number of benzene rings is 2. The Balaban J connectivity index is 2.38. The van der Waals surface area contributed by atoms with Crippen LogP contribution < -0.4 is 0 Å². The lowest BCUT2D eigenvalue weighted by atomic mass is 10.0. The molecule has 2 aromatic carbocycles. The van der Waals surface area contributed by atoms with E-state index in [1.54, 1.807) is 13.8 Å². The fraction of sp³-hybridized carbons (Fsp3) is 0.294. The van der Waals surface area contributed by atoms with Gasteiger partial charge in [0, 0.05) is 10.8 Å². The Morgan fingerprint density at radius 2 is 1.35 bits per heavy atom. The molecular formula is C17H20O2S. The van der Waals surface area contributed by atoms with Crippen LogP contribution in [0.4, 0.5) is 0 Å². The molecule has 3 heteroatoms. The molecule has 0 saturated carbocycles. The van der Waals surface area contributed by atoms with Gasteiger partial charge in [0.2, 0.25) is 0 Å². The molecule has 0 aliphatic carbocycles. The summed E-state index contributed by atoms with van der Waals surface area (Å²) in [6.07, 6.45) is 0. The van der Waals surface area contributed by atoms with Crippen LogP contribution in [0.5, 0.6) is 0 Å². The number of rotatable bonds is 5. The van der Waals surface area contributed by atoms with Crippen LogP contribution in [0, 0.1) is 0 Å². The highest BCUT2D eigenvalue weighted by Gasteiger charge is 2.26. The average molecular weight is 288 g/mol. The summed E-state index contributed by atoms with van der Waals surface area (Å²) >= 11 is 0. The molecule has 0 saturated heterocycles. The number of hydrogen-bond acceptors (Lipinski definition) is 2. The smallest absolute Gasteiger partial charge is 0.0847 e. The van der Waals surface area contributed by atoms with Crippen LogP contribution in [-0.2, 0) is 10.8 Å². The minimum Gasteiger partial charge on any atom is -0.390 e. The minimum atomic E-state index is -1.18. The predicted octanol–water partition coefficient (Wildman–Crippen LogP) is 3.30. The lowest BCUT2D eigenvalue weighted by Gasteiger charge is -2.23. The van der Waals surface area contributed by atoms with E-state index in [0.717, 1.165) is 11.1 Å². The maximum absolute atomic E-state index is 12.7. The van der Waals surface area contributed by atoms with E-state index in [2.05, 4.69) is 0 Å². The van der Waals surface area contributed by atoms with E-state index >= 15 is 0 Å². The zero-order valence-corrected chi connectivity index (χ0v) is 12.6. The molecule has 0 aromatic heterocycles. The number of aliphatic hydroxyl groups is 1. The Bertz CT molecular complexity index is 519. The first-order valence-corrected chi connectivity index (χ1v) is 8.05. The Morgan fingerprint density at radius 3 is 1.70 bits per heavy atom. The van der Waals surface area contributed by atoms with E-state index in [-0.39, 0.29) is 11.0 Å². The molecule has 2 rings (SSSR count). The fourth-order valence-electron chi connectivity index (χ4n) is 2.18. The Morgan fingerprint density at radius 1 is 0.950 bits per heavy atom. The van der Waals surface area contributed by atoms with Crippen molar-refractivity contribution >= 4 is 10.8 Å². The van der Waals surface area contributed by atoms with E-state index in [9.17, 15) is 9.32 Å². The SMILES string of the molecule is CC(C)(O)CS(=O)C(c1ccccc1)c1ccccc1. The van der Waals surface area contributed by atoms with Crippen LogP contribution in [0.2, 0.25) is 0 Å². The Labute approximate surface area is 122 Å². The summed E-state index contributed by atoms with van der Waals surface area (Å²) in [7, 11) is -1.18. The first-order valence-electron chi connectivity index (χ1n) is 6.67. The van der Waals surface area contributed by atoms with Crippen molar-refractivity contribution in [2.75, 3.05) is 5.75 Å². The molecule has 0 amide bonds. The van der Waals surface area contributed by atoms with E-state index in [0.29, 0.717) is 0 Å². The van der Waals surface area contributed by atoms with Gasteiger partial charge in [-0.1, -0.05) is 60.7 Å². The molecule has 0 heterocycles. The average Bonchev–Trinajstić information content (AvgIpc) is 2.39. The molecule has 1 atom stereocenters. The van der Waals surface area contributed by atoms with E-state index in [1.165, 1.54) is 0 Å². The molecule has 0 radical (unpaired) electrons. The van der Waals surface area contributed by atoms with E-state index in [1.807, 2.05) is 60.7 Å². The highest BCUT2D eigenvalue weighted by molar-refractivity contribution is 7.85. The summed E-state index contributed by atoms with van der Waals surface area (Å²) < 4.78 is 12.7. The zero-order valence-electron chi connectivity index (χ0n) is 11.8. The first kappa shape index (κ1) is 14.9. The summed E-state index contributed by atoms with van der Waals surface area (Å²) in [5.74, 6) is 0.251. The van der Waals surface area contributed by atoms with E-state index < -0.39 is 16.4 Å². The van der Waals surface area contributed by atoms with Gasteiger partial charge in [-0.3, -0.25) is 4.21 Å². The van der Waals surface area contributed by atoms with Gasteiger partial charge in [0.15, 0.2) is 0 Å². The lowest BCUT2D eigenvalue weighted by Crippen LogP contribution is -2.29. The van der Waals surface area contributed by atoms with Crippen LogP contribution in [0.15, 0.2) is 60.7 Å². The van der Waals surface area contributed by atoms with Crippen molar-refractivity contribution in [3.63, 3.8) is 0 Å². The Kier molecular flexibility index (Phi) is 4.73. The molecular weight excluding hydrogens is 268 g/mol. The second kappa shape index (κ2) is 6.33. The van der Waals surface area contributed by atoms with Crippen molar-refractivity contribution < 1.29 is 9.32 Å². The van der Waals surface area contributed by atoms with Crippen molar-refractivity contribution in [1.29, 1.82) is 0 Å². The molecule has 0 bridgehead atoms. The molecule has 2 aromatic rings. The highest BCUT2D eigenvalue weighted by atomic mass is 32.2. The normalized spacial score (nSPS) is 13.4. The zero-order chi connectivity index (χ0) is 14.6. The summed E-state index contributed by atoms with van der Waals surface area (Å²) in [6.45, 7) is 3.38. The highest BCUT2D eigenvalue weighted by Crippen LogP contribution is 2.29. The summed E-state index contributed by atoms with van der Waals surface area (Å²) in [4.78, 5) is 0. The third kappa shape index (κ3) is 4.02. The standard InChI is InChI=1S/C17H20O2S/c1-17(2,18)13-20(19)16(14-9-5-3-6-10-14)15-11-7-4-8-12-15/h3-12,16,18H,13H2,1-2H3. The van der Waals surface area contributed by atoms with Gasteiger partial charge in [0.25, 0.3) is 0 Å². The van der Waals surface area contributed by atoms with Gasteiger partial charge < -0.3 is 5.11 Å². The first-order chi connectivity index (χ1) is 9.47. The summed E-state index contributed by atoms with van der Waals surface area (Å²) in [6, 6.07) is 19.6. The van der Waals surface area contributed by atoms with Crippen molar-refractivity contribution in [1.82, 2.24) is 0 Å².